The molecule has 11 nitrogen and oxygen atoms in total. The molecule has 36 heavy (non-hydrogen) atoms. The van der Waals surface area contributed by atoms with Gasteiger partial charge in [-0.05, 0) is 6.42 Å². The Bertz CT molecular complexity index is 1210. The smallest absolute Gasteiger partial charge is 0.313 e. The first-order valence-corrected chi connectivity index (χ1v) is 13.4. The van der Waals surface area contributed by atoms with Gasteiger partial charge < -0.3 is 20.2 Å². The number of rotatable bonds is 11. The minimum atomic E-state index is -3.00. The molecule has 1 aliphatic heterocycles. The van der Waals surface area contributed by atoms with E-state index < -0.39 is 21.6 Å². The van der Waals surface area contributed by atoms with Gasteiger partial charge in [-0.1, -0.05) is 23.4 Å². The lowest BCUT2D eigenvalue weighted by Crippen LogP contribution is -2.35. The Morgan fingerprint density at radius 2 is 1.94 bits per heavy atom. The van der Waals surface area contributed by atoms with E-state index in [1.807, 2.05) is 4.90 Å². The molecule has 1 aromatic carbocycles. The number of sulfone groups is 1. The van der Waals surface area contributed by atoms with Crippen LogP contribution in [0.3, 0.4) is 0 Å². The highest BCUT2D eigenvalue weighted by molar-refractivity contribution is 7.90. The van der Waals surface area contributed by atoms with Crippen molar-refractivity contribution in [2.24, 2.45) is 10.9 Å². The Balaban J connectivity index is 1.54. The molecule has 0 saturated carbocycles. The Hall–Kier alpha value is -3.61. The molecule has 0 atom stereocenters. The zero-order valence-electron chi connectivity index (χ0n) is 19.9. The van der Waals surface area contributed by atoms with Gasteiger partial charge in [0, 0.05) is 61.3 Å². The molecule has 194 valence electrons. The summed E-state index contributed by atoms with van der Waals surface area (Å²) >= 11 is 0. The van der Waals surface area contributed by atoms with Crippen molar-refractivity contribution in [1.82, 2.24) is 9.97 Å². The number of carbonyl (C=O) groups is 1. The molecule has 3 N–H and O–H groups in total. The van der Waals surface area contributed by atoms with Gasteiger partial charge in [0.15, 0.2) is 0 Å². The Kier molecular flexibility index (Phi) is 9.28. The summed E-state index contributed by atoms with van der Waals surface area (Å²) in [5.41, 5.74) is 7.01. The molecule has 3 rings (SSSR count). The fourth-order valence-electron chi connectivity index (χ4n) is 3.48. The predicted molar refractivity (Wildman–Crippen MR) is 133 cm³/mol. The maximum Gasteiger partial charge on any atom is 0.313 e. The molecule has 13 heteroatoms. The number of aromatic nitrogens is 2. The third-order valence-electron chi connectivity index (χ3n) is 5.32. The lowest BCUT2D eigenvalue weighted by Gasteiger charge is -2.27. The lowest BCUT2D eigenvalue weighted by atomic mass is 10.0. The van der Waals surface area contributed by atoms with Crippen LogP contribution in [0.5, 0.6) is 0 Å². The van der Waals surface area contributed by atoms with Gasteiger partial charge in [-0.2, -0.15) is 0 Å². The molecule has 1 fully saturated rings. The topological polar surface area (TPSA) is 161 Å². The first-order valence-electron chi connectivity index (χ1n) is 11.3. The first-order chi connectivity index (χ1) is 17.1. The minimum Gasteiger partial charge on any atom is -0.460 e. The second kappa shape index (κ2) is 12.4. The standard InChI is InChI=1S/C23H29FN6O5S/c1-36(32,33)11-3-10-35-29-18-6-8-30(9-7-18)23-27-13-17(14-28-23)19-5-2-4-16(22(19)24)15-34-21(31)12-20(25)26/h2,4-5,13-14H,3,6-12,15H2,1H3,(H3,25,26). The van der Waals surface area contributed by atoms with Crippen LogP contribution in [0.4, 0.5) is 10.3 Å². The Morgan fingerprint density at radius 1 is 1.25 bits per heavy atom. The van der Waals surface area contributed by atoms with Gasteiger partial charge in [-0.25, -0.2) is 22.8 Å². The van der Waals surface area contributed by atoms with Crippen LogP contribution in [-0.2, 0) is 30.8 Å². The SMILES string of the molecule is CS(=O)(=O)CCCON=C1CCN(c2ncc(-c3cccc(COC(=O)CC(=N)N)c3F)cn2)CC1. The van der Waals surface area contributed by atoms with Crippen LogP contribution < -0.4 is 10.6 Å². The number of hydrogen-bond donors (Lipinski definition) is 2. The van der Waals surface area contributed by atoms with Crippen molar-refractivity contribution in [3.05, 3.63) is 42.0 Å². The van der Waals surface area contributed by atoms with Crippen LogP contribution in [0, 0.1) is 11.2 Å². The van der Waals surface area contributed by atoms with Crippen LogP contribution >= 0.6 is 0 Å². The van der Waals surface area contributed by atoms with Crippen LogP contribution in [0.15, 0.2) is 35.7 Å². The fourth-order valence-corrected chi connectivity index (χ4v) is 4.12. The number of anilines is 1. The molecule has 0 aliphatic carbocycles. The molecule has 0 bridgehead atoms. The van der Waals surface area contributed by atoms with E-state index >= 15 is 0 Å². The third kappa shape index (κ3) is 8.26. The Morgan fingerprint density at radius 3 is 2.58 bits per heavy atom. The summed E-state index contributed by atoms with van der Waals surface area (Å²) in [5.74, 6) is -0.976. The van der Waals surface area contributed by atoms with E-state index in [0.717, 1.165) is 5.71 Å². The zero-order chi connectivity index (χ0) is 26.1. The van der Waals surface area contributed by atoms with Crippen molar-refractivity contribution in [3.63, 3.8) is 0 Å². The van der Waals surface area contributed by atoms with Gasteiger partial charge in [-0.3, -0.25) is 10.2 Å². The number of amidine groups is 1. The molecule has 0 spiro atoms. The number of esters is 1. The molecule has 0 unspecified atom stereocenters. The number of carbonyl (C=O) groups excluding carboxylic acids is 1. The molecular formula is C23H29FN6O5S. The lowest BCUT2D eigenvalue weighted by molar-refractivity contribution is -0.143. The highest BCUT2D eigenvalue weighted by Gasteiger charge is 2.19. The number of ether oxygens (including phenoxy) is 1. The van der Waals surface area contributed by atoms with Crippen molar-refractivity contribution in [3.8, 4) is 11.1 Å². The van der Waals surface area contributed by atoms with Crippen molar-refractivity contribution < 1.29 is 27.2 Å². The summed E-state index contributed by atoms with van der Waals surface area (Å²) in [6, 6.07) is 4.75. The number of oxime groups is 1. The second-order valence-corrected chi connectivity index (χ2v) is 10.6. The number of halogens is 1. The quantitative estimate of drug-likeness (QED) is 0.148. The van der Waals surface area contributed by atoms with E-state index in [1.54, 1.807) is 24.5 Å². The maximum absolute atomic E-state index is 15.0. The van der Waals surface area contributed by atoms with Crippen molar-refractivity contribution in [2.75, 3.05) is 36.6 Å². The average Bonchev–Trinajstić information content (AvgIpc) is 2.83. The predicted octanol–water partition coefficient (Wildman–Crippen LogP) is 2.06. The van der Waals surface area contributed by atoms with E-state index in [-0.39, 0.29) is 42.3 Å². The highest BCUT2D eigenvalue weighted by Crippen LogP contribution is 2.26. The summed E-state index contributed by atoms with van der Waals surface area (Å²) in [6.07, 6.45) is 5.65. The second-order valence-electron chi connectivity index (χ2n) is 8.37. The van der Waals surface area contributed by atoms with Gasteiger partial charge in [0.05, 0.1) is 11.5 Å². The van der Waals surface area contributed by atoms with Gasteiger partial charge in [0.1, 0.15) is 41.1 Å². The number of nitrogens with one attached hydrogen (secondary N) is 1. The van der Waals surface area contributed by atoms with Gasteiger partial charge in [-0.15, -0.1) is 0 Å². The van der Waals surface area contributed by atoms with E-state index in [2.05, 4.69) is 15.1 Å². The van der Waals surface area contributed by atoms with Gasteiger partial charge >= 0.3 is 5.97 Å². The molecule has 1 aliphatic rings. The Labute approximate surface area is 208 Å². The van der Waals surface area contributed by atoms with Crippen LogP contribution in [0.1, 0.15) is 31.2 Å². The maximum atomic E-state index is 15.0. The van der Waals surface area contributed by atoms with Gasteiger partial charge in [0.25, 0.3) is 0 Å². The van der Waals surface area contributed by atoms with Crippen molar-refractivity contribution in [2.45, 2.75) is 32.3 Å². The van der Waals surface area contributed by atoms with E-state index in [0.29, 0.717) is 43.9 Å². The molecular weight excluding hydrogens is 491 g/mol. The average molecular weight is 521 g/mol. The zero-order valence-corrected chi connectivity index (χ0v) is 20.8. The summed E-state index contributed by atoms with van der Waals surface area (Å²) in [4.78, 5) is 27.6. The summed E-state index contributed by atoms with van der Waals surface area (Å²) < 4.78 is 42.2. The van der Waals surface area contributed by atoms with Crippen LogP contribution in [-0.4, -0.2) is 67.6 Å². The highest BCUT2D eigenvalue weighted by atomic mass is 32.2. The van der Waals surface area contributed by atoms with Crippen LogP contribution in [0.25, 0.3) is 11.1 Å². The number of benzene rings is 1. The van der Waals surface area contributed by atoms with Crippen LogP contribution in [0.2, 0.25) is 0 Å². The normalized spacial score (nSPS) is 13.8. The fraction of sp³-hybridized carbons (Fsp3) is 0.435. The number of nitrogens with zero attached hydrogens (tertiary/aromatic N) is 4. The number of piperidine rings is 1. The van der Waals surface area contributed by atoms with Crippen molar-refractivity contribution >= 4 is 33.3 Å². The number of nitrogens with two attached hydrogens (primary N) is 1. The molecule has 1 saturated heterocycles. The third-order valence-corrected chi connectivity index (χ3v) is 6.35. The first kappa shape index (κ1) is 27.0. The monoisotopic (exact) mass is 520 g/mol. The molecule has 2 heterocycles. The van der Waals surface area contributed by atoms with E-state index in [9.17, 15) is 17.6 Å². The summed E-state index contributed by atoms with van der Waals surface area (Å²) in [7, 11) is -3.00. The van der Waals surface area contributed by atoms with E-state index in [1.165, 1.54) is 12.3 Å². The van der Waals surface area contributed by atoms with Gasteiger partial charge in [0.2, 0.25) is 5.95 Å². The summed E-state index contributed by atoms with van der Waals surface area (Å²) in [6.45, 7) is 1.26. The number of hydrogen-bond acceptors (Lipinski definition) is 10. The minimum absolute atomic E-state index is 0.0712. The van der Waals surface area contributed by atoms with E-state index in [4.69, 9.17) is 20.7 Å². The molecule has 2 aromatic rings. The molecule has 0 radical (unpaired) electrons. The molecule has 1 aromatic heterocycles. The van der Waals surface area contributed by atoms with Crippen molar-refractivity contribution in [1.29, 1.82) is 5.41 Å². The molecule has 0 amide bonds. The summed E-state index contributed by atoms with van der Waals surface area (Å²) in [5, 5.41) is 11.2. The largest absolute Gasteiger partial charge is 0.460 e.